The van der Waals surface area contributed by atoms with Gasteiger partial charge in [0, 0.05) is 5.02 Å². The zero-order valence-electron chi connectivity index (χ0n) is 13.2. The molecule has 3 rings (SSSR count). The molecule has 25 heavy (non-hydrogen) atoms. The second kappa shape index (κ2) is 8.05. The molecule has 126 valence electrons. The van der Waals surface area contributed by atoms with E-state index in [4.69, 9.17) is 16.3 Å². The zero-order chi connectivity index (χ0) is 17.6. The maximum Gasteiger partial charge on any atom is 0.264 e. The Balaban J connectivity index is 1.77. The number of amides is 1. The first kappa shape index (κ1) is 17.3. The molecule has 1 aliphatic heterocycles. The molecule has 4 nitrogen and oxygen atoms in total. The molecule has 1 heterocycles. The molecule has 0 aromatic heterocycles. The van der Waals surface area contributed by atoms with Crippen molar-refractivity contribution < 1.29 is 9.53 Å². The van der Waals surface area contributed by atoms with Gasteiger partial charge < -0.3 is 10.1 Å². The van der Waals surface area contributed by atoms with E-state index in [2.05, 4.69) is 16.9 Å². The van der Waals surface area contributed by atoms with E-state index < -0.39 is 0 Å². The Bertz CT molecular complexity index is 860. The maximum absolute atomic E-state index is 12.1. The molecule has 6 heteroatoms. The summed E-state index contributed by atoms with van der Waals surface area (Å²) in [6.45, 7) is 4.06. The van der Waals surface area contributed by atoms with Gasteiger partial charge in [-0.2, -0.15) is 0 Å². The average molecular weight is 371 g/mol. The average Bonchev–Trinajstić information content (AvgIpc) is 2.94. The van der Waals surface area contributed by atoms with Crippen LogP contribution in [0.1, 0.15) is 5.56 Å². The van der Waals surface area contributed by atoms with Gasteiger partial charge in [0.1, 0.15) is 12.4 Å². The number of amidine groups is 1. The van der Waals surface area contributed by atoms with Crippen LogP contribution >= 0.6 is 23.4 Å². The van der Waals surface area contributed by atoms with Crippen LogP contribution in [0.2, 0.25) is 5.02 Å². The van der Waals surface area contributed by atoms with Crippen molar-refractivity contribution in [2.45, 2.75) is 0 Å². The molecule has 0 spiro atoms. The number of hydrogen-bond acceptors (Lipinski definition) is 4. The normalized spacial score (nSPS) is 16.9. The Labute approximate surface area is 155 Å². The highest BCUT2D eigenvalue weighted by Gasteiger charge is 2.23. The van der Waals surface area contributed by atoms with Crippen LogP contribution in [0.3, 0.4) is 0 Å². The summed E-state index contributed by atoms with van der Waals surface area (Å²) in [7, 11) is 0. The van der Waals surface area contributed by atoms with Crippen molar-refractivity contribution in [1.29, 1.82) is 0 Å². The summed E-state index contributed by atoms with van der Waals surface area (Å²) in [5.41, 5.74) is 1.61. The lowest BCUT2D eigenvalue weighted by atomic mass is 10.2. The van der Waals surface area contributed by atoms with Gasteiger partial charge in [0.15, 0.2) is 5.17 Å². The first-order chi connectivity index (χ1) is 12.1. The minimum atomic E-state index is -0.171. The van der Waals surface area contributed by atoms with Crippen LogP contribution in [0.5, 0.6) is 5.75 Å². The number of nitrogens with one attached hydrogen (secondary N) is 1. The number of benzene rings is 2. The Kier molecular flexibility index (Phi) is 5.58. The Hall–Kier alpha value is -2.50. The summed E-state index contributed by atoms with van der Waals surface area (Å²) in [6.07, 6.45) is 3.50. The minimum Gasteiger partial charge on any atom is -0.490 e. The van der Waals surface area contributed by atoms with E-state index in [1.807, 2.05) is 30.3 Å². The van der Waals surface area contributed by atoms with E-state index in [1.165, 1.54) is 11.8 Å². The number of ether oxygens (including phenoxy) is 1. The molecule has 2 aromatic carbocycles. The van der Waals surface area contributed by atoms with E-state index in [0.29, 0.717) is 21.7 Å². The summed E-state index contributed by atoms with van der Waals surface area (Å²) < 4.78 is 5.51. The first-order valence-corrected chi connectivity index (χ1v) is 8.72. The molecule has 1 fully saturated rings. The number of halogens is 1. The predicted molar refractivity (Wildman–Crippen MR) is 104 cm³/mol. The smallest absolute Gasteiger partial charge is 0.264 e. The van der Waals surface area contributed by atoms with Gasteiger partial charge in [0.05, 0.1) is 10.6 Å². The fraction of sp³-hybridized carbons (Fsp3) is 0.0526. The van der Waals surface area contributed by atoms with Crippen molar-refractivity contribution in [3.05, 3.63) is 76.7 Å². The van der Waals surface area contributed by atoms with E-state index in [9.17, 15) is 4.79 Å². The van der Waals surface area contributed by atoms with Crippen LogP contribution in [-0.2, 0) is 4.79 Å². The van der Waals surface area contributed by atoms with Gasteiger partial charge in [0.2, 0.25) is 0 Å². The van der Waals surface area contributed by atoms with Gasteiger partial charge >= 0.3 is 0 Å². The van der Waals surface area contributed by atoms with Crippen molar-refractivity contribution in [1.82, 2.24) is 5.32 Å². The van der Waals surface area contributed by atoms with Gasteiger partial charge in [-0.05, 0) is 59.8 Å². The highest BCUT2D eigenvalue weighted by atomic mass is 35.5. The van der Waals surface area contributed by atoms with Crippen molar-refractivity contribution in [3.63, 3.8) is 0 Å². The standard InChI is InChI=1S/C19H15ClN2O2S/c1-2-10-24-16-5-3-4-13(11-16)12-17-18(23)22-19(25-17)21-15-8-6-14(20)7-9-15/h2-9,11-12H,1,10H2,(H,21,22,23)/b17-12-. The highest BCUT2D eigenvalue weighted by molar-refractivity contribution is 8.18. The van der Waals surface area contributed by atoms with Crippen LogP contribution in [0.25, 0.3) is 6.08 Å². The SMILES string of the molecule is C=CCOc1cccc(/C=C2\SC(=Nc3ccc(Cl)cc3)NC2=O)c1. The lowest BCUT2D eigenvalue weighted by Gasteiger charge is -2.03. The van der Waals surface area contributed by atoms with Crippen molar-refractivity contribution >= 4 is 46.2 Å². The van der Waals surface area contributed by atoms with Crippen LogP contribution in [0.4, 0.5) is 5.69 Å². The molecule has 0 bridgehead atoms. The number of rotatable bonds is 5. The zero-order valence-corrected chi connectivity index (χ0v) is 14.8. The lowest BCUT2D eigenvalue weighted by Crippen LogP contribution is -2.19. The predicted octanol–water partition coefficient (Wildman–Crippen LogP) is 4.80. The van der Waals surface area contributed by atoms with Crippen molar-refractivity contribution in [3.8, 4) is 5.75 Å². The summed E-state index contributed by atoms with van der Waals surface area (Å²) in [4.78, 5) is 17.1. The van der Waals surface area contributed by atoms with Gasteiger partial charge in [-0.15, -0.1) is 0 Å². The molecule has 0 saturated carbocycles. The lowest BCUT2D eigenvalue weighted by molar-refractivity contribution is -0.115. The third-order valence-electron chi connectivity index (χ3n) is 3.23. The third-order valence-corrected chi connectivity index (χ3v) is 4.39. The quantitative estimate of drug-likeness (QED) is 0.607. The molecule has 2 aromatic rings. The number of carbonyl (C=O) groups is 1. The molecular weight excluding hydrogens is 356 g/mol. The second-order valence-corrected chi connectivity index (χ2v) is 6.60. The molecule has 0 radical (unpaired) electrons. The van der Waals surface area contributed by atoms with E-state index in [1.54, 1.807) is 30.3 Å². The number of aliphatic imine (C=N–C) groups is 1. The number of nitrogens with zero attached hydrogens (tertiary/aromatic N) is 1. The van der Waals surface area contributed by atoms with Crippen LogP contribution in [0, 0.1) is 0 Å². The molecule has 0 aliphatic carbocycles. The molecular formula is C19H15ClN2O2S. The van der Waals surface area contributed by atoms with Gasteiger partial charge in [0.25, 0.3) is 5.91 Å². The van der Waals surface area contributed by atoms with E-state index in [0.717, 1.165) is 17.0 Å². The Morgan fingerprint density at radius 1 is 1.24 bits per heavy atom. The van der Waals surface area contributed by atoms with E-state index in [-0.39, 0.29) is 5.91 Å². The largest absolute Gasteiger partial charge is 0.490 e. The van der Waals surface area contributed by atoms with Crippen molar-refractivity contribution in [2.75, 3.05) is 6.61 Å². The molecule has 0 unspecified atom stereocenters. The highest BCUT2D eigenvalue weighted by Crippen LogP contribution is 2.29. The Morgan fingerprint density at radius 3 is 2.80 bits per heavy atom. The van der Waals surface area contributed by atoms with Gasteiger partial charge in [-0.25, -0.2) is 4.99 Å². The summed E-state index contributed by atoms with van der Waals surface area (Å²) >= 11 is 7.16. The number of carbonyl (C=O) groups excluding carboxylic acids is 1. The molecule has 1 aliphatic rings. The van der Waals surface area contributed by atoms with Crippen LogP contribution in [0.15, 0.2) is 71.1 Å². The monoisotopic (exact) mass is 370 g/mol. The molecule has 0 atom stereocenters. The van der Waals surface area contributed by atoms with E-state index >= 15 is 0 Å². The van der Waals surface area contributed by atoms with Crippen LogP contribution in [-0.4, -0.2) is 17.7 Å². The maximum atomic E-state index is 12.1. The van der Waals surface area contributed by atoms with Crippen LogP contribution < -0.4 is 10.1 Å². The molecule has 1 N–H and O–H groups in total. The summed E-state index contributed by atoms with van der Waals surface area (Å²) in [5, 5.41) is 3.95. The number of thioether (sulfide) groups is 1. The Morgan fingerprint density at radius 2 is 2.04 bits per heavy atom. The number of hydrogen-bond donors (Lipinski definition) is 1. The van der Waals surface area contributed by atoms with Gasteiger partial charge in [-0.1, -0.05) is 36.4 Å². The summed E-state index contributed by atoms with van der Waals surface area (Å²) in [6, 6.07) is 14.6. The topological polar surface area (TPSA) is 50.7 Å². The molecule has 1 amide bonds. The fourth-order valence-electron chi connectivity index (χ4n) is 2.11. The fourth-order valence-corrected chi connectivity index (χ4v) is 3.08. The van der Waals surface area contributed by atoms with Crippen molar-refractivity contribution in [2.24, 2.45) is 4.99 Å². The third kappa shape index (κ3) is 4.75. The van der Waals surface area contributed by atoms with Gasteiger partial charge in [-0.3, -0.25) is 4.79 Å². The second-order valence-electron chi connectivity index (χ2n) is 5.13. The minimum absolute atomic E-state index is 0.171. The molecule has 1 saturated heterocycles. The summed E-state index contributed by atoms with van der Waals surface area (Å²) in [5.74, 6) is 0.558. The first-order valence-electron chi connectivity index (χ1n) is 7.53.